The van der Waals surface area contributed by atoms with Crippen molar-refractivity contribution in [1.82, 2.24) is 14.3 Å². The van der Waals surface area contributed by atoms with E-state index in [4.69, 9.17) is 4.74 Å². The molecule has 0 bridgehead atoms. The van der Waals surface area contributed by atoms with Crippen molar-refractivity contribution in [3.05, 3.63) is 90.0 Å². The van der Waals surface area contributed by atoms with Gasteiger partial charge in [0.15, 0.2) is 0 Å². The lowest BCUT2D eigenvalue weighted by molar-refractivity contribution is -0.140. The molecular weight excluding hydrogens is 484 g/mol. The number of aromatic nitrogens is 3. The van der Waals surface area contributed by atoms with Gasteiger partial charge < -0.3 is 14.2 Å². The van der Waals surface area contributed by atoms with Crippen molar-refractivity contribution in [2.45, 2.75) is 12.1 Å². The first-order valence-electron chi connectivity index (χ1n) is 12.0. The van der Waals surface area contributed by atoms with Gasteiger partial charge in [-0.15, -0.1) is 0 Å². The second-order valence-corrected chi connectivity index (χ2v) is 9.32. The molecule has 1 saturated heterocycles. The Morgan fingerprint density at radius 3 is 2.35 bits per heavy atom. The Kier molecular flexibility index (Phi) is 5.67. The number of rotatable bonds is 4. The zero-order valence-electron chi connectivity index (χ0n) is 20.0. The number of morpholine rings is 1. The number of halogens is 4. The van der Waals surface area contributed by atoms with Crippen molar-refractivity contribution < 1.29 is 22.3 Å². The second kappa shape index (κ2) is 8.92. The lowest BCUT2D eigenvalue weighted by Crippen LogP contribution is -2.36. The standard InChI is InChI=1S/C28H24F4N4O/c1-34-17-24(23-8-7-22(15-26(23)34)35-10-12-37-13-11-35)27(28(30,31)32)18-2-9-25-19(14-18)16-33-36(25)21-5-3-20(29)4-6-21/h2-9,14-17,27H,10-13H2,1H3. The third-order valence-corrected chi connectivity index (χ3v) is 7.02. The number of alkyl halides is 3. The maximum absolute atomic E-state index is 14.6. The average molecular weight is 509 g/mol. The summed E-state index contributed by atoms with van der Waals surface area (Å²) in [4.78, 5) is 2.18. The highest BCUT2D eigenvalue weighted by atomic mass is 19.4. The van der Waals surface area contributed by atoms with Crippen LogP contribution in [0.4, 0.5) is 23.2 Å². The van der Waals surface area contributed by atoms with E-state index in [1.807, 2.05) is 12.1 Å². The van der Waals surface area contributed by atoms with E-state index in [1.165, 1.54) is 24.4 Å². The van der Waals surface area contributed by atoms with Gasteiger partial charge in [0.25, 0.3) is 0 Å². The first-order valence-corrected chi connectivity index (χ1v) is 12.0. The minimum absolute atomic E-state index is 0.142. The van der Waals surface area contributed by atoms with Gasteiger partial charge in [-0.2, -0.15) is 18.3 Å². The summed E-state index contributed by atoms with van der Waals surface area (Å²) in [7, 11) is 1.78. The number of aryl methyl sites for hydroxylation is 1. The number of hydrogen-bond acceptors (Lipinski definition) is 3. The quantitative estimate of drug-likeness (QED) is 0.272. The molecule has 6 rings (SSSR count). The van der Waals surface area contributed by atoms with Crippen LogP contribution in [0.2, 0.25) is 0 Å². The van der Waals surface area contributed by atoms with Gasteiger partial charge in [-0.3, -0.25) is 0 Å². The molecule has 1 unspecified atom stereocenters. The van der Waals surface area contributed by atoms with E-state index < -0.39 is 12.1 Å². The predicted molar refractivity (Wildman–Crippen MR) is 135 cm³/mol. The third kappa shape index (κ3) is 4.23. The molecule has 5 aromatic rings. The molecule has 0 N–H and O–H groups in total. The first-order chi connectivity index (χ1) is 17.8. The molecule has 1 aliphatic rings. The molecule has 2 aromatic heterocycles. The Labute approximate surface area is 210 Å². The number of nitrogens with zero attached hydrogens (tertiary/aromatic N) is 4. The Balaban J connectivity index is 1.42. The van der Waals surface area contributed by atoms with Gasteiger partial charge in [0.2, 0.25) is 0 Å². The second-order valence-electron chi connectivity index (χ2n) is 9.32. The van der Waals surface area contributed by atoms with Crippen molar-refractivity contribution in [1.29, 1.82) is 0 Å². The highest BCUT2D eigenvalue weighted by Crippen LogP contribution is 2.44. The monoisotopic (exact) mass is 508 g/mol. The van der Waals surface area contributed by atoms with Crippen molar-refractivity contribution in [2.75, 3.05) is 31.2 Å². The van der Waals surface area contributed by atoms with Crippen LogP contribution in [0, 0.1) is 5.82 Å². The summed E-state index contributed by atoms with van der Waals surface area (Å²) < 4.78 is 66.0. The van der Waals surface area contributed by atoms with Crippen LogP contribution in [0.3, 0.4) is 0 Å². The maximum Gasteiger partial charge on any atom is 0.399 e. The summed E-state index contributed by atoms with van der Waals surface area (Å²) in [5.41, 5.74) is 3.35. The molecule has 3 heterocycles. The molecule has 0 aliphatic carbocycles. The van der Waals surface area contributed by atoms with Crippen molar-refractivity contribution in [3.8, 4) is 5.69 Å². The number of ether oxygens (including phenoxy) is 1. The van der Waals surface area contributed by atoms with Crippen LogP contribution < -0.4 is 4.90 Å². The minimum Gasteiger partial charge on any atom is -0.378 e. The highest BCUT2D eigenvalue weighted by Gasteiger charge is 2.43. The van der Waals surface area contributed by atoms with E-state index in [2.05, 4.69) is 10.00 Å². The van der Waals surface area contributed by atoms with E-state index in [0.29, 0.717) is 35.2 Å². The summed E-state index contributed by atoms with van der Waals surface area (Å²) >= 11 is 0. The number of hydrogen-bond donors (Lipinski definition) is 0. The van der Waals surface area contributed by atoms with Gasteiger partial charge in [-0.1, -0.05) is 12.1 Å². The molecule has 190 valence electrons. The van der Waals surface area contributed by atoms with Crippen molar-refractivity contribution in [2.24, 2.45) is 7.05 Å². The number of benzene rings is 3. The SMILES string of the molecule is Cn1cc(C(c2ccc3c(cnn3-c3ccc(F)cc3)c2)C(F)(F)F)c2ccc(N3CCOCC3)cc21. The molecule has 1 aliphatic heterocycles. The van der Waals surface area contributed by atoms with Gasteiger partial charge in [-0.05, 0) is 59.7 Å². The predicted octanol–water partition coefficient (Wildman–Crippen LogP) is 6.19. The van der Waals surface area contributed by atoms with Gasteiger partial charge in [0, 0.05) is 42.8 Å². The van der Waals surface area contributed by atoms with Gasteiger partial charge in [0.05, 0.1) is 36.1 Å². The van der Waals surface area contributed by atoms with Crippen LogP contribution in [0.5, 0.6) is 0 Å². The Morgan fingerprint density at radius 1 is 0.892 bits per heavy atom. The van der Waals surface area contributed by atoms with Crippen LogP contribution in [0.15, 0.2) is 73.1 Å². The number of fused-ring (bicyclic) bond motifs is 2. The zero-order chi connectivity index (χ0) is 25.7. The first kappa shape index (κ1) is 23.5. The molecule has 9 heteroatoms. The molecule has 1 atom stereocenters. The van der Waals surface area contributed by atoms with E-state index >= 15 is 0 Å². The van der Waals surface area contributed by atoms with Crippen LogP contribution >= 0.6 is 0 Å². The molecule has 0 spiro atoms. The molecule has 5 nitrogen and oxygen atoms in total. The van der Waals surface area contributed by atoms with E-state index in [0.717, 1.165) is 24.3 Å². The number of anilines is 1. The molecule has 1 fully saturated rings. The van der Waals surface area contributed by atoms with Crippen LogP contribution in [-0.2, 0) is 11.8 Å². The molecule has 37 heavy (non-hydrogen) atoms. The molecule has 0 radical (unpaired) electrons. The Morgan fingerprint density at radius 2 is 1.62 bits per heavy atom. The van der Waals surface area contributed by atoms with Gasteiger partial charge in [0.1, 0.15) is 11.7 Å². The normalized spacial score (nSPS) is 15.5. The smallest absolute Gasteiger partial charge is 0.378 e. The largest absolute Gasteiger partial charge is 0.399 e. The van der Waals surface area contributed by atoms with E-state index in [1.54, 1.807) is 52.8 Å². The topological polar surface area (TPSA) is 35.2 Å². The highest BCUT2D eigenvalue weighted by molar-refractivity contribution is 5.89. The molecular formula is C28H24F4N4O. The summed E-state index contributed by atoms with van der Waals surface area (Å²) in [5.74, 6) is -2.17. The Hall–Kier alpha value is -3.85. The van der Waals surface area contributed by atoms with Crippen molar-refractivity contribution >= 4 is 27.5 Å². The molecule has 0 amide bonds. The van der Waals surface area contributed by atoms with E-state index in [9.17, 15) is 17.6 Å². The fourth-order valence-corrected chi connectivity index (χ4v) is 5.22. The Bertz CT molecular complexity index is 1580. The van der Waals surface area contributed by atoms with Crippen molar-refractivity contribution in [3.63, 3.8) is 0 Å². The minimum atomic E-state index is -4.50. The molecule has 3 aromatic carbocycles. The average Bonchev–Trinajstić information content (AvgIpc) is 3.45. The van der Waals surface area contributed by atoms with E-state index in [-0.39, 0.29) is 16.9 Å². The lowest BCUT2D eigenvalue weighted by atomic mass is 9.89. The van der Waals surface area contributed by atoms with Crippen LogP contribution in [-0.4, -0.2) is 46.8 Å². The maximum atomic E-state index is 14.6. The summed E-state index contributed by atoms with van der Waals surface area (Å²) in [5, 5.41) is 5.48. The van der Waals surface area contributed by atoms with Gasteiger partial charge in [-0.25, -0.2) is 9.07 Å². The lowest BCUT2D eigenvalue weighted by Gasteiger charge is -2.29. The fourth-order valence-electron chi connectivity index (χ4n) is 5.22. The summed E-state index contributed by atoms with van der Waals surface area (Å²) in [6.45, 7) is 2.76. The van der Waals surface area contributed by atoms with Crippen LogP contribution in [0.25, 0.3) is 27.5 Å². The van der Waals surface area contributed by atoms with Gasteiger partial charge >= 0.3 is 6.18 Å². The molecule has 0 saturated carbocycles. The zero-order valence-corrected chi connectivity index (χ0v) is 20.0. The summed E-state index contributed by atoms with van der Waals surface area (Å²) in [6.07, 6.45) is -1.39. The fraction of sp³-hybridized carbons (Fsp3) is 0.250. The summed E-state index contributed by atoms with van der Waals surface area (Å²) in [6, 6.07) is 16.1. The third-order valence-electron chi connectivity index (χ3n) is 7.02. The van der Waals surface area contributed by atoms with Crippen LogP contribution in [0.1, 0.15) is 17.0 Å².